The second kappa shape index (κ2) is 66.4. The molecule has 526 valence electrons. The summed E-state index contributed by atoms with van der Waals surface area (Å²) in [5.41, 5.74) is 0. The summed E-state index contributed by atoms with van der Waals surface area (Å²) in [5.74, 6) is -1.19. The monoisotopic (exact) mass is 1270 g/mol. The van der Waals surface area contributed by atoms with Crippen molar-refractivity contribution in [2.75, 3.05) is 13.2 Å². The van der Waals surface area contributed by atoms with Crippen molar-refractivity contribution in [3.63, 3.8) is 0 Å². The Labute approximate surface area is 554 Å². The Morgan fingerprint density at radius 3 is 1.17 bits per heavy atom. The molecule has 8 unspecified atom stereocenters. The number of hydrogen-bond donors (Lipinski definition) is 6. The third-order valence-corrected chi connectivity index (χ3v) is 18.2. The number of rotatable bonds is 67. The molecule has 11 heteroatoms. The number of hydrogen-bond acceptors (Lipinski definition) is 10. The lowest BCUT2D eigenvalue weighted by molar-refractivity contribution is -0.305. The van der Waals surface area contributed by atoms with Gasteiger partial charge in [-0.15, -0.1) is 0 Å². The van der Waals surface area contributed by atoms with Gasteiger partial charge >= 0.3 is 5.97 Å². The molecule has 0 spiro atoms. The van der Waals surface area contributed by atoms with Crippen molar-refractivity contribution in [3.8, 4) is 0 Å². The van der Waals surface area contributed by atoms with Crippen molar-refractivity contribution in [2.24, 2.45) is 0 Å². The molecule has 0 aromatic carbocycles. The topological polar surface area (TPSA) is 175 Å². The second-order valence-corrected chi connectivity index (χ2v) is 26.7. The summed E-state index contributed by atoms with van der Waals surface area (Å²) in [4.78, 5) is 26.7. The molecular weight excluding hydrogens is 1120 g/mol. The van der Waals surface area contributed by atoms with Gasteiger partial charge in [-0.1, -0.05) is 351 Å². The van der Waals surface area contributed by atoms with Crippen LogP contribution in [0.25, 0.3) is 0 Å². The largest absolute Gasteiger partial charge is 0.454 e. The van der Waals surface area contributed by atoms with Gasteiger partial charge in [0.05, 0.1) is 25.4 Å². The summed E-state index contributed by atoms with van der Waals surface area (Å²) in [7, 11) is 0. The summed E-state index contributed by atoms with van der Waals surface area (Å²) >= 11 is 0. The molecule has 1 heterocycles. The zero-order valence-electron chi connectivity index (χ0n) is 58.8. The van der Waals surface area contributed by atoms with Crippen LogP contribution in [0.15, 0.2) is 60.8 Å². The highest BCUT2D eigenvalue weighted by Crippen LogP contribution is 2.27. The predicted molar refractivity (Wildman–Crippen MR) is 380 cm³/mol. The number of allylic oxidation sites excluding steroid dienone is 9. The minimum atomic E-state index is -1.62. The molecule has 0 aromatic heterocycles. The molecule has 0 saturated carbocycles. The molecule has 6 N–H and O–H groups in total. The number of unbranched alkanes of at least 4 members (excludes halogenated alkanes) is 45. The van der Waals surface area contributed by atoms with E-state index in [-0.39, 0.29) is 19.4 Å². The van der Waals surface area contributed by atoms with Gasteiger partial charge in [-0.2, -0.15) is 0 Å². The lowest BCUT2D eigenvalue weighted by atomic mass is 9.99. The quantitative estimate of drug-likeness (QED) is 0.0195. The van der Waals surface area contributed by atoms with Crippen molar-refractivity contribution in [1.82, 2.24) is 5.32 Å². The number of nitrogens with one attached hydrogen (secondary N) is 1. The van der Waals surface area contributed by atoms with E-state index in [2.05, 4.69) is 74.7 Å². The zero-order valence-corrected chi connectivity index (χ0v) is 58.8. The Kier molecular flexibility index (Phi) is 63.0. The van der Waals surface area contributed by atoms with Gasteiger partial charge in [0, 0.05) is 6.42 Å². The number of aliphatic hydroxyl groups is 5. The molecule has 8 atom stereocenters. The first-order valence-corrected chi connectivity index (χ1v) is 38.6. The van der Waals surface area contributed by atoms with Gasteiger partial charge in [0.2, 0.25) is 5.91 Å². The number of aliphatic hydroxyl groups excluding tert-OH is 5. The van der Waals surface area contributed by atoms with Crippen LogP contribution in [-0.4, -0.2) is 99.6 Å². The standard InChI is InChI=1S/C79H145NO10/c1-4-7-10-13-16-19-22-25-27-29-31-33-35-36-37-38-39-41-43-45-47-49-52-55-58-61-64-67-74(84)90-77-76(86)75(85)73(68-81)89-79(77)88-69-70(71(82)65-62-59-56-53-50-24-21-18-15-12-9-6-3)80-78(87)72(83)66-63-60-57-54-51-48-46-44-42-40-34-32-30-28-26-23-20-17-14-11-8-5-2/h17,20,26,28,32,34,42,44,62,65,70-73,75-77,79,81-83,85-86H,4-16,18-19,21-25,27,29-31,33,35-41,43,45-61,63-64,66-69H2,1-3H3,(H,80,87)/b20-17-,28-26-,34-32-,44-42-,65-62+. The zero-order chi connectivity index (χ0) is 65.3. The van der Waals surface area contributed by atoms with Crippen LogP contribution in [0.3, 0.4) is 0 Å². The van der Waals surface area contributed by atoms with Crippen LogP contribution in [0.5, 0.6) is 0 Å². The molecule has 1 amide bonds. The SMILES string of the molecule is CCCCC/C=C\C/C=C\C/C=C\C/C=C\CCCCCCCCC(O)C(=O)NC(COC1OC(CO)C(O)C(O)C1OC(=O)CCCCCCCCCCCCCCCCCCCCCCCCCCCCC)C(O)/C=C/CCCCCCCCCCCC. The van der Waals surface area contributed by atoms with Gasteiger partial charge in [-0.05, 0) is 70.6 Å². The molecule has 0 radical (unpaired) electrons. The van der Waals surface area contributed by atoms with Crippen LogP contribution in [0.2, 0.25) is 0 Å². The van der Waals surface area contributed by atoms with Gasteiger partial charge in [0.1, 0.15) is 24.4 Å². The molecule has 1 aliphatic rings. The Morgan fingerprint density at radius 2 is 0.767 bits per heavy atom. The van der Waals surface area contributed by atoms with Gasteiger partial charge in [-0.25, -0.2) is 0 Å². The molecule has 0 aromatic rings. The number of esters is 1. The molecule has 1 aliphatic heterocycles. The summed E-state index contributed by atoms with van der Waals surface area (Å²) in [5, 5.41) is 57.3. The van der Waals surface area contributed by atoms with Crippen LogP contribution in [0.1, 0.15) is 367 Å². The van der Waals surface area contributed by atoms with E-state index in [1.165, 1.54) is 225 Å². The van der Waals surface area contributed by atoms with E-state index in [1.54, 1.807) is 6.08 Å². The second-order valence-electron chi connectivity index (χ2n) is 26.7. The van der Waals surface area contributed by atoms with Crippen LogP contribution < -0.4 is 5.32 Å². The maximum absolute atomic E-state index is 13.5. The molecule has 0 bridgehead atoms. The van der Waals surface area contributed by atoms with Gasteiger partial charge in [-0.3, -0.25) is 9.59 Å². The number of carbonyl (C=O) groups excluding carboxylic acids is 2. The van der Waals surface area contributed by atoms with E-state index in [4.69, 9.17) is 14.2 Å². The van der Waals surface area contributed by atoms with Crippen LogP contribution in [0.4, 0.5) is 0 Å². The first-order chi connectivity index (χ1) is 44.2. The van der Waals surface area contributed by atoms with E-state index in [9.17, 15) is 35.1 Å². The third-order valence-electron chi connectivity index (χ3n) is 18.2. The van der Waals surface area contributed by atoms with Gasteiger partial charge < -0.3 is 45.1 Å². The third kappa shape index (κ3) is 52.7. The van der Waals surface area contributed by atoms with Crippen molar-refractivity contribution >= 4 is 11.9 Å². The fourth-order valence-corrected chi connectivity index (χ4v) is 12.1. The normalized spacial score (nSPS) is 18.3. The number of amides is 1. The Bertz CT molecular complexity index is 1700. The van der Waals surface area contributed by atoms with E-state index in [0.29, 0.717) is 12.8 Å². The Hall–Kier alpha value is -2.64. The average Bonchev–Trinajstić information content (AvgIpc) is 1.14. The lowest BCUT2D eigenvalue weighted by Crippen LogP contribution is -2.61. The van der Waals surface area contributed by atoms with E-state index in [0.717, 1.165) is 96.3 Å². The minimum Gasteiger partial charge on any atom is -0.454 e. The molecule has 1 fully saturated rings. The molecule has 1 saturated heterocycles. The van der Waals surface area contributed by atoms with E-state index in [1.807, 2.05) is 6.08 Å². The molecule has 1 rings (SSSR count). The van der Waals surface area contributed by atoms with Crippen molar-refractivity contribution in [2.45, 2.75) is 416 Å². The van der Waals surface area contributed by atoms with Gasteiger partial charge in [0.15, 0.2) is 12.4 Å². The average molecular weight is 1270 g/mol. The Balaban J connectivity index is 2.52. The highest BCUT2D eigenvalue weighted by molar-refractivity contribution is 5.80. The van der Waals surface area contributed by atoms with Crippen LogP contribution >= 0.6 is 0 Å². The van der Waals surface area contributed by atoms with Crippen LogP contribution in [0, 0.1) is 0 Å². The first kappa shape index (κ1) is 85.4. The lowest BCUT2D eigenvalue weighted by Gasteiger charge is -2.41. The fourth-order valence-electron chi connectivity index (χ4n) is 12.1. The minimum absolute atomic E-state index is 0.126. The van der Waals surface area contributed by atoms with Gasteiger partial charge in [0.25, 0.3) is 0 Å². The molecule has 0 aliphatic carbocycles. The summed E-state index contributed by atoms with van der Waals surface area (Å²) in [6.07, 6.45) is 75.6. The van der Waals surface area contributed by atoms with Crippen LogP contribution in [-0.2, 0) is 23.8 Å². The summed E-state index contributed by atoms with van der Waals surface area (Å²) < 4.78 is 17.7. The van der Waals surface area contributed by atoms with Crippen molar-refractivity contribution < 1.29 is 49.3 Å². The molecule has 11 nitrogen and oxygen atoms in total. The highest BCUT2D eigenvalue weighted by atomic mass is 16.7. The number of ether oxygens (including phenoxy) is 3. The smallest absolute Gasteiger partial charge is 0.306 e. The maximum atomic E-state index is 13.5. The van der Waals surface area contributed by atoms with E-state index >= 15 is 0 Å². The van der Waals surface area contributed by atoms with Crippen molar-refractivity contribution in [1.29, 1.82) is 0 Å². The number of carbonyl (C=O) groups is 2. The van der Waals surface area contributed by atoms with Crippen molar-refractivity contribution in [3.05, 3.63) is 60.8 Å². The van der Waals surface area contributed by atoms with E-state index < -0.39 is 67.4 Å². The molecular formula is C79H145NO10. The summed E-state index contributed by atoms with van der Waals surface area (Å²) in [6, 6.07) is -1.03. The maximum Gasteiger partial charge on any atom is 0.306 e. The first-order valence-electron chi connectivity index (χ1n) is 38.6. The summed E-state index contributed by atoms with van der Waals surface area (Å²) in [6.45, 7) is 5.81. The predicted octanol–water partition coefficient (Wildman–Crippen LogP) is 20.5. The highest BCUT2D eigenvalue weighted by Gasteiger charge is 2.47. The fraction of sp³-hybridized carbons (Fsp3) is 0.848. The molecule has 90 heavy (non-hydrogen) atoms. The Morgan fingerprint density at radius 1 is 0.433 bits per heavy atom.